The molecule has 0 aliphatic rings. The van der Waals surface area contributed by atoms with E-state index in [0.717, 1.165) is 6.07 Å². The van der Waals surface area contributed by atoms with Crippen LogP contribution in [0.4, 0.5) is 8.78 Å². The molecule has 1 heterocycles. The number of hydrogen-bond donors (Lipinski definition) is 0. The molecule has 0 saturated heterocycles. The Bertz CT molecular complexity index is 400. The molecule has 0 atom stereocenters. The second-order valence-electron chi connectivity index (χ2n) is 2.49. The minimum absolute atomic E-state index is 0.00551. The van der Waals surface area contributed by atoms with E-state index in [4.69, 9.17) is 16.3 Å². The van der Waals surface area contributed by atoms with Crippen LogP contribution in [0.5, 0.6) is 5.88 Å². The van der Waals surface area contributed by atoms with Crippen LogP contribution in [-0.4, -0.2) is 17.3 Å². The average molecular weight is 347 g/mol. The summed E-state index contributed by atoms with van der Waals surface area (Å²) in [6, 6.07) is 1.10. The van der Waals surface area contributed by atoms with E-state index in [1.54, 1.807) is 22.6 Å². The normalized spacial score (nSPS) is 10.5. The maximum absolute atomic E-state index is 12.6. The number of rotatable bonds is 3. The maximum atomic E-state index is 12.6. The molecule has 1 aromatic rings. The summed E-state index contributed by atoms with van der Waals surface area (Å²) in [7, 11) is 1.32. The summed E-state index contributed by atoms with van der Waals surface area (Å²) in [4.78, 5) is 14.7. The first kappa shape index (κ1) is 12.6. The van der Waals surface area contributed by atoms with Gasteiger partial charge in [-0.2, -0.15) is 0 Å². The van der Waals surface area contributed by atoms with E-state index in [1.165, 1.54) is 7.11 Å². The fourth-order valence-corrected chi connectivity index (χ4v) is 1.90. The number of nitrogens with zero attached hydrogens (tertiary/aromatic N) is 1. The predicted octanol–water partition coefficient (Wildman–Crippen LogP) is 3.01. The largest absolute Gasteiger partial charge is 0.481 e. The standard InChI is InChI=1S/C8H5ClF2INO2/c1-15-4-2-3(6(9)14)5(7(10)11)8(12)13-4/h2,7H,1H3. The molecule has 0 aromatic carbocycles. The number of carbonyl (C=O) groups excluding carboxylic acids is 1. The minimum atomic E-state index is -2.80. The van der Waals surface area contributed by atoms with Gasteiger partial charge in [0.1, 0.15) is 3.70 Å². The summed E-state index contributed by atoms with van der Waals surface area (Å²) in [5.74, 6) is 0.0767. The van der Waals surface area contributed by atoms with E-state index < -0.39 is 17.2 Å². The van der Waals surface area contributed by atoms with Gasteiger partial charge in [0, 0.05) is 6.07 Å². The molecular formula is C8H5ClF2INO2. The van der Waals surface area contributed by atoms with Crippen molar-refractivity contribution in [2.75, 3.05) is 7.11 Å². The van der Waals surface area contributed by atoms with E-state index in [1.807, 2.05) is 0 Å². The van der Waals surface area contributed by atoms with E-state index in [-0.39, 0.29) is 15.1 Å². The molecule has 3 nitrogen and oxygen atoms in total. The first-order valence-corrected chi connectivity index (χ1v) is 5.15. The minimum Gasteiger partial charge on any atom is -0.481 e. The van der Waals surface area contributed by atoms with E-state index >= 15 is 0 Å². The van der Waals surface area contributed by atoms with Crippen LogP contribution in [0.15, 0.2) is 6.07 Å². The lowest BCUT2D eigenvalue weighted by Gasteiger charge is -2.09. The van der Waals surface area contributed by atoms with Gasteiger partial charge in [0.15, 0.2) is 0 Å². The quantitative estimate of drug-likeness (QED) is 0.479. The van der Waals surface area contributed by atoms with Gasteiger partial charge in [-0.1, -0.05) is 0 Å². The van der Waals surface area contributed by atoms with Crippen molar-refractivity contribution in [1.82, 2.24) is 4.98 Å². The van der Waals surface area contributed by atoms with E-state index in [0.29, 0.717) is 0 Å². The van der Waals surface area contributed by atoms with Crippen molar-refractivity contribution in [2.45, 2.75) is 6.43 Å². The van der Waals surface area contributed by atoms with Gasteiger partial charge < -0.3 is 4.74 Å². The Morgan fingerprint density at radius 2 is 2.27 bits per heavy atom. The summed E-state index contributed by atoms with van der Waals surface area (Å²) < 4.78 is 29.9. The summed E-state index contributed by atoms with van der Waals surface area (Å²) in [6.45, 7) is 0. The highest BCUT2D eigenvalue weighted by Crippen LogP contribution is 2.30. The first-order chi connectivity index (χ1) is 6.97. The number of halogens is 4. The zero-order valence-electron chi connectivity index (χ0n) is 7.43. The Kier molecular flexibility index (Phi) is 4.21. The molecule has 1 aromatic heterocycles. The third-order valence-electron chi connectivity index (χ3n) is 1.63. The Hall–Kier alpha value is -0.500. The number of carbonyl (C=O) groups is 1. The molecule has 0 radical (unpaired) electrons. The molecule has 0 N–H and O–H groups in total. The molecule has 15 heavy (non-hydrogen) atoms. The Balaban J connectivity index is 3.42. The summed E-state index contributed by atoms with van der Waals surface area (Å²) in [5.41, 5.74) is -0.737. The third kappa shape index (κ3) is 2.75. The zero-order valence-corrected chi connectivity index (χ0v) is 10.3. The third-order valence-corrected chi connectivity index (χ3v) is 2.65. The Morgan fingerprint density at radius 1 is 1.67 bits per heavy atom. The zero-order chi connectivity index (χ0) is 11.6. The lowest BCUT2D eigenvalue weighted by molar-refractivity contribution is 0.106. The Labute approximate surface area is 103 Å². The molecule has 0 amide bonds. The Morgan fingerprint density at radius 3 is 2.67 bits per heavy atom. The molecule has 7 heteroatoms. The van der Waals surface area contributed by atoms with E-state index in [9.17, 15) is 13.6 Å². The van der Waals surface area contributed by atoms with Crippen molar-refractivity contribution in [3.63, 3.8) is 0 Å². The van der Waals surface area contributed by atoms with Gasteiger partial charge in [-0.05, 0) is 34.2 Å². The van der Waals surface area contributed by atoms with Crippen molar-refractivity contribution < 1.29 is 18.3 Å². The lowest BCUT2D eigenvalue weighted by atomic mass is 10.1. The van der Waals surface area contributed by atoms with Crippen LogP contribution in [-0.2, 0) is 0 Å². The van der Waals surface area contributed by atoms with Gasteiger partial charge in [0.25, 0.3) is 11.7 Å². The molecule has 0 bridgehead atoms. The van der Waals surface area contributed by atoms with Crippen LogP contribution in [0.1, 0.15) is 22.3 Å². The summed E-state index contributed by atoms with van der Waals surface area (Å²) in [5, 5.41) is -0.955. The SMILES string of the molecule is COc1cc(C(=O)Cl)c(C(F)F)c(I)n1. The van der Waals surface area contributed by atoms with Crippen LogP contribution in [0.3, 0.4) is 0 Å². The van der Waals surface area contributed by atoms with Gasteiger partial charge in [-0.15, -0.1) is 0 Å². The van der Waals surface area contributed by atoms with Crippen molar-refractivity contribution in [3.05, 3.63) is 20.9 Å². The van der Waals surface area contributed by atoms with Crippen molar-refractivity contribution in [3.8, 4) is 5.88 Å². The van der Waals surface area contributed by atoms with Crippen LogP contribution >= 0.6 is 34.2 Å². The van der Waals surface area contributed by atoms with Gasteiger partial charge in [0.05, 0.1) is 18.2 Å². The molecule has 0 saturated carbocycles. The predicted molar refractivity (Wildman–Crippen MR) is 58.6 cm³/mol. The van der Waals surface area contributed by atoms with Crippen molar-refractivity contribution >= 4 is 39.4 Å². The van der Waals surface area contributed by atoms with Gasteiger partial charge in [-0.3, -0.25) is 4.79 Å². The second kappa shape index (κ2) is 5.02. The average Bonchev–Trinajstić information content (AvgIpc) is 2.15. The summed E-state index contributed by atoms with van der Waals surface area (Å²) in [6.07, 6.45) is -2.80. The first-order valence-electron chi connectivity index (χ1n) is 3.69. The van der Waals surface area contributed by atoms with Crippen molar-refractivity contribution in [2.24, 2.45) is 0 Å². The molecule has 1 rings (SSSR count). The van der Waals surface area contributed by atoms with Crippen molar-refractivity contribution in [1.29, 1.82) is 0 Å². The number of pyridine rings is 1. The highest BCUT2D eigenvalue weighted by molar-refractivity contribution is 14.1. The monoisotopic (exact) mass is 347 g/mol. The second-order valence-corrected chi connectivity index (χ2v) is 3.86. The molecular weight excluding hydrogens is 342 g/mol. The van der Waals surface area contributed by atoms with Crippen LogP contribution in [0.25, 0.3) is 0 Å². The highest BCUT2D eigenvalue weighted by Gasteiger charge is 2.22. The number of hydrogen-bond acceptors (Lipinski definition) is 3. The molecule has 82 valence electrons. The van der Waals surface area contributed by atoms with Gasteiger partial charge in [0.2, 0.25) is 5.88 Å². The van der Waals surface area contributed by atoms with Crippen LogP contribution < -0.4 is 4.74 Å². The molecule has 0 spiro atoms. The molecule has 0 aliphatic heterocycles. The molecule has 0 unspecified atom stereocenters. The number of methoxy groups -OCH3 is 1. The fourth-order valence-electron chi connectivity index (χ4n) is 0.976. The van der Waals surface area contributed by atoms with Gasteiger partial charge >= 0.3 is 0 Å². The molecule has 0 fully saturated rings. The smallest absolute Gasteiger partial charge is 0.267 e. The maximum Gasteiger partial charge on any atom is 0.267 e. The fraction of sp³-hybridized carbons (Fsp3) is 0.250. The van der Waals surface area contributed by atoms with Crippen LogP contribution in [0, 0.1) is 3.70 Å². The lowest BCUT2D eigenvalue weighted by Crippen LogP contribution is -2.05. The van der Waals surface area contributed by atoms with E-state index in [2.05, 4.69) is 4.98 Å². The molecule has 0 aliphatic carbocycles. The topological polar surface area (TPSA) is 39.2 Å². The highest BCUT2D eigenvalue weighted by atomic mass is 127. The summed E-state index contributed by atoms with van der Waals surface area (Å²) >= 11 is 6.80. The number of alkyl halides is 2. The number of aromatic nitrogens is 1. The van der Waals surface area contributed by atoms with Gasteiger partial charge in [-0.25, -0.2) is 13.8 Å². The van der Waals surface area contributed by atoms with Crippen LogP contribution in [0.2, 0.25) is 0 Å². The number of ether oxygens (including phenoxy) is 1.